The Hall–Kier alpha value is -3.16. The van der Waals surface area contributed by atoms with Crippen LogP contribution in [0, 0.1) is 5.92 Å². The lowest BCUT2D eigenvalue weighted by Gasteiger charge is -2.25. The molecule has 1 aliphatic heterocycles. The second-order valence-electron chi connectivity index (χ2n) is 7.79. The topological polar surface area (TPSA) is 90.6 Å². The number of rotatable bonds is 5. The molecule has 0 spiro atoms. The van der Waals surface area contributed by atoms with Gasteiger partial charge in [0.25, 0.3) is 11.7 Å². The molecule has 152 valence electrons. The van der Waals surface area contributed by atoms with Gasteiger partial charge in [-0.15, -0.1) is 0 Å². The molecule has 8 heteroatoms. The van der Waals surface area contributed by atoms with Gasteiger partial charge in [-0.3, -0.25) is 4.79 Å². The average Bonchev–Trinajstić information content (AvgIpc) is 3.19. The molecular formula is C21H25N5O3. The quantitative estimate of drug-likeness (QED) is 0.714. The fourth-order valence-corrected chi connectivity index (χ4v) is 3.39. The zero-order valence-electron chi connectivity index (χ0n) is 17.0. The van der Waals surface area contributed by atoms with Crippen LogP contribution in [0.15, 0.2) is 30.6 Å². The molecule has 29 heavy (non-hydrogen) atoms. The Kier molecular flexibility index (Phi) is 5.08. The van der Waals surface area contributed by atoms with Gasteiger partial charge in [-0.05, 0) is 35.6 Å². The van der Waals surface area contributed by atoms with Gasteiger partial charge in [0.1, 0.15) is 25.2 Å². The second kappa shape index (κ2) is 7.69. The number of fused-ring (bicyclic) bond motifs is 2. The number of benzene rings is 1. The number of hydrogen-bond acceptors (Lipinski definition) is 6. The molecule has 1 amide bonds. The van der Waals surface area contributed by atoms with Crippen LogP contribution in [0.3, 0.4) is 0 Å². The Bertz CT molecular complexity index is 1040. The maximum absolute atomic E-state index is 13.2. The Balaban J connectivity index is 1.67. The normalized spacial score (nSPS) is 14.4. The Morgan fingerprint density at radius 2 is 1.86 bits per heavy atom. The summed E-state index contributed by atoms with van der Waals surface area (Å²) in [5, 5.41) is 7.32. The minimum absolute atomic E-state index is 0.166. The molecule has 1 atom stereocenters. The van der Waals surface area contributed by atoms with Gasteiger partial charge < -0.3 is 14.8 Å². The van der Waals surface area contributed by atoms with Crippen molar-refractivity contribution in [2.75, 3.05) is 13.2 Å². The van der Waals surface area contributed by atoms with Crippen LogP contribution in [0.2, 0.25) is 0 Å². The van der Waals surface area contributed by atoms with E-state index in [0.717, 1.165) is 17.0 Å². The summed E-state index contributed by atoms with van der Waals surface area (Å²) in [4.78, 5) is 21.9. The van der Waals surface area contributed by atoms with Crippen LogP contribution in [0.5, 0.6) is 11.5 Å². The molecule has 4 rings (SSSR count). The van der Waals surface area contributed by atoms with E-state index in [2.05, 4.69) is 34.2 Å². The molecule has 1 N–H and O–H groups in total. The monoisotopic (exact) mass is 395 g/mol. The van der Waals surface area contributed by atoms with Crippen LogP contribution in [-0.4, -0.2) is 38.7 Å². The highest BCUT2D eigenvalue weighted by atomic mass is 16.6. The van der Waals surface area contributed by atoms with E-state index in [0.29, 0.717) is 30.4 Å². The lowest BCUT2D eigenvalue weighted by molar-refractivity contribution is 0.0917. The molecule has 3 aromatic rings. The van der Waals surface area contributed by atoms with E-state index < -0.39 is 0 Å². The molecule has 0 bridgehead atoms. The van der Waals surface area contributed by atoms with Gasteiger partial charge in [0.15, 0.2) is 11.5 Å². The first-order valence-electron chi connectivity index (χ1n) is 9.85. The van der Waals surface area contributed by atoms with Crippen molar-refractivity contribution in [1.29, 1.82) is 0 Å². The molecule has 3 heterocycles. The third-order valence-electron chi connectivity index (χ3n) is 4.97. The van der Waals surface area contributed by atoms with Gasteiger partial charge in [0.2, 0.25) is 0 Å². The first-order valence-corrected chi connectivity index (χ1v) is 9.85. The van der Waals surface area contributed by atoms with Gasteiger partial charge >= 0.3 is 0 Å². The summed E-state index contributed by atoms with van der Waals surface area (Å²) in [6, 6.07) is 7.38. The zero-order chi connectivity index (χ0) is 20.5. The molecule has 1 aliphatic rings. The van der Waals surface area contributed by atoms with Crippen molar-refractivity contribution >= 4 is 11.7 Å². The summed E-state index contributed by atoms with van der Waals surface area (Å²) in [5.74, 6) is 1.97. The van der Waals surface area contributed by atoms with Crippen molar-refractivity contribution in [3.63, 3.8) is 0 Å². The number of aromatic nitrogens is 4. The molecular weight excluding hydrogens is 370 g/mol. The standard InChI is InChI=1S/C21H25N5O3/c1-12(2)15-10-16(26-21(24-15)22-11-23-26)20(27)25-19(13(3)4)14-5-6-17-18(9-14)29-8-7-28-17/h5-6,9-13,19H,7-8H2,1-4H3,(H,25,27). The predicted molar refractivity (Wildman–Crippen MR) is 107 cm³/mol. The summed E-state index contributed by atoms with van der Waals surface area (Å²) < 4.78 is 12.8. The SMILES string of the molecule is CC(C)c1cc(C(=O)NC(c2ccc3c(c2)OCCO3)C(C)C)n2ncnc2n1. The first-order chi connectivity index (χ1) is 13.9. The summed E-state index contributed by atoms with van der Waals surface area (Å²) in [5.41, 5.74) is 2.18. The van der Waals surface area contributed by atoms with Gasteiger partial charge in [-0.25, -0.2) is 4.98 Å². The van der Waals surface area contributed by atoms with Crippen LogP contribution in [0.4, 0.5) is 0 Å². The van der Waals surface area contributed by atoms with E-state index in [9.17, 15) is 4.79 Å². The fourth-order valence-electron chi connectivity index (χ4n) is 3.39. The average molecular weight is 395 g/mol. The molecule has 8 nitrogen and oxygen atoms in total. The van der Waals surface area contributed by atoms with Crippen LogP contribution >= 0.6 is 0 Å². The van der Waals surface area contributed by atoms with Gasteiger partial charge in [0, 0.05) is 5.69 Å². The van der Waals surface area contributed by atoms with E-state index in [1.165, 1.54) is 10.8 Å². The van der Waals surface area contributed by atoms with Crippen molar-refractivity contribution in [3.05, 3.63) is 47.5 Å². The summed E-state index contributed by atoms with van der Waals surface area (Å²) >= 11 is 0. The third-order valence-corrected chi connectivity index (χ3v) is 4.97. The van der Waals surface area contributed by atoms with Crippen molar-refractivity contribution in [2.24, 2.45) is 5.92 Å². The van der Waals surface area contributed by atoms with Crippen molar-refractivity contribution < 1.29 is 14.3 Å². The molecule has 1 aromatic carbocycles. The van der Waals surface area contributed by atoms with E-state index in [1.54, 1.807) is 6.07 Å². The first kappa shape index (κ1) is 19.2. The maximum atomic E-state index is 13.2. The molecule has 0 fully saturated rings. The predicted octanol–water partition coefficient (Wildman–Crippen LogP) is 3.15. The summed E-state index contributed by atoms with van der Waals surface area (Å²) in [7, 11) is 0. The number of carbonyl (C=O) groups is 1. The van der Waals surface area contributed by atoms with E-state index in [4.69, 9.17) is 9.47 Å². The summed E-state index contributed by atoms with van der Waals surface area (Å²) in [6.45, 7) is 9.27. The maximum Gasteiger partial charge on any atom is 0.270 e. The van der Waals surface area contributed by atoms with E-state index in [1.807, 2.05) is 32.0 Å². The second-order valence-corrected chi connectivity index (χ2v) is 7.79. The zero-order valence-corrected chi connectivity index (χ0v) is 17.0. The van der Waals surface area contributed by atoms with Gasteiger partial charge in [-0.1, -0.05) is 33.8 Å². The Morgan fingerprint density at radius 3 is 2.59 bits per heavy atom. The third kappa shape index (κ3) is 3.74. The number of ether oxygens (including phenoxy) is 2. The van der Waals surface area contributed by atoms with Crippen LogP contribution < -0.4 is 14.8 Å². The van der Waals surface area contributed by atoms with Crippen molar-refractivity contribution in [2.45, 2.75) is 39.7 Å². The van der Waals surface area contributed by atoms with Crippen molar-refractivity contribution in [1.82, 2.24) is 24.9 Å². The van der Waals surface area contributed by atoms with Crippen LogP contribution in [0.1, 0.15) is 61.4 Å². The highest BCUT2D eigenvalue weighted by molar-refractivity contribution is 5.93. The molecule has 0 saturated heterocycles. The highest BCUT2D eigenvalue weighted by Gasteiger charge is 2.24. The molecule has 2 aromatic heterocycles. The fraction of sp³-hybridized carbons (Fsp3) is 0.429. The van der Waals surface area contributed by atoms with Crippen LogP contribution in [-0.2, 0) is 0 Å². The number of carbonyl (C=O) groups excluding carboxylic acids is 1. The van der Waals surface area contributed by atoms with Gasteiger partial charge in [-0.2, -0.15) is 14.6 Å². The molecule has 0 radical (unpaired) electrons. The largest absolute Gasteiger partial charge is 0.486 e. The number of nitrogens with one attached hydrogen (secondary N) is 1. The minimum Gasteiger partial charge on any atom is -0.486 e. The number of nitrogens with zero attached hydrogens (tertiary/aromatic N) is 4. The highest BCUT2D eigenvalue weighted by Crippen LogP contribution is 2.34. The molecule has 0 saturated carbocycles. The summed E-state index contributed by atoms with van der Waals surface area (Å²) in [6.07, 6.45) is 1.41. The van der Waals surface area contributed by atoms with Crippen LogP contribution in [0.25, 0.3) is 5.78 Å². The minimum atomic E-state index is -0.224. The number of hydrogen-bond donors (Lipinski definition) is 1. The molecule has 1 unspecified atom stereocenters. The number of amides is 1. The van der Waals surface area contributed by atoms with E-state index in [-0.39, 0.29) is 23.8 Å². The Morgan fingerprint density at radius 1 is 1.10 bits per heavy atom. The smallest absolute Gasteiger partial charge is 0.270 e. The molecule has 0 aliphatic carbocycles. The van der Waals surface area contributed by atoms with Crippen molar-refractivity contribution in [3.8, 4) is 11.5 Å². The Labute approximate surface area is 169 Å². The van der Waals surface area contributed by atoms with Gasteiger partial charge in [0.05, 0.1) is 6.04 Å². The van der Waals surface area contributed by atoms with E-state index >= 15 is 0 Å². The lowest BCUT2D eigenvalue weighted by Crippen LogP contribution is -2.33. The lowest BCUT2D eigenvalue weighted by atomic mass is 9.95.